The van der Waals surface area contributed by atoms with E-state index in [-0.39, 0.29) is 0 Å². The predicted molar refractivity (Wildman–Crippen MR) is 45.4 cm³/mol. The Morgan fingerprint density at radius 1 is 1.75 bits per heavy atom. The van der Waals surface area contributed by atoms with Crippen LogP contribution < -0.4 is 5.32 Å². The first-order valence-corrected chi connectivity index (χ1v) is 4.34. The quantitative estimate of drug-likeness (QED) is 0.703. The number of nitrogens with one attached hydrogen (secondary N) is 1. The molecule has 1 aliphatic carbocycles. The second-order valence-electron chi connectivity index (χ2n) is 3.58. The van der Waals surface area contributed by atoms with E-state index in [0.29, 0.717) is 6.04 Å². The normalized spacial score (nSPS) is 27.5. The maximum atomic E-state index is 3.99. The third-order valence-electron chi connectivity index (χ3n) is 2.30. The first-order valence-electron chi connectivity index (χ1n) is 4.34. The average molecular weight is 166 g/mol. The Labute approximate surface area is 72.0 Å². The fraction of sp³-hybridized carbons (Fsp3) is 0.750. The Morgan fingerprint density at radius 3 is 3.00 bits per heavy atom. The third kappa shape index (κ3) is 1.64. The van der Waals surface area contributed by atoms with Gasteiger partial charge in [0.2, 0.25) is 0 Å². The summed E-state index contributed by atoms with van der Waals surface area (Å²) in [4.78, 5) is 0. The highest BCUT2D eigenvalue weighted by atomic mass is 15.4. The van der Waals surface area contributed by atoms with Crippen LogP contribution in [-0.4, -0.2) is 21.0 Å². The minimum Gasteiger partial charge on any atom is -0.308 e. The highest BCUT2D eigenvalue weighted by Crippen LogP contribution is 2.28. The zero-order valence-corrected chi connectivity index (χ0v) is 7.49. The van der Waals surface area contributed by atoms with Crippen LogP contribution in [0.15, 0.2) is 6.20 Å². The number of hydrogen-bond donors (Lipinski definition) is 1. The highest BCUT2D eigenvalue weighted by Gasteiger charge is 2.31. The van der Waals surface area contributed by atoms with Crippen LogP contribution in [0.5, 0.6) is 0 Å². The predicted octanol–water partition coefficient (Wildman–Crippen LogP) is 0.313. The molecule has 4 nitrogen and oxygen atoms in total. The zero-order chi connectivity index (χ0) is 8.55. The molecule has 2 rings (SSSR count). The van der Waals surface area contributed by atoms with Crippen molar-refractivity contribution in [1.82, 2.24) is 20.3 Å². The molecule has 4 heteroatoms. The van der Waals surface area contributed by atoms with E-state index < -0.39 is 0 Å². The van der Waals surface area contributed by atoms with Gasteiger partial charge in [-0.3, -0.25) is 4.68 Å². The van der Waals surface area contributed by atoms with Gasteiger partial charge in [-0.05, 0) is 12.3 Å². The topological polar surface area (TPSA) is 42.7 Å². The Bertz CT molecular complexity index is 268. The van der Waals surface area contributed by atoms with Gasteiger partial charge in [0, 0.05) is 25.8 Å². The molecule has 1 fully saturated rings. The molecule has 0 amide bonds. The molecular formula is C8H14N4. The van der Waals surface area contributed by atoms with Gasteiger partial charge in [0.15, 0.2) is 0 Å². The third-order valence-corrected chi connectivity index (χ3v) is 2.30. The average Bonchev–Trinajstić information content (AvgIpc) is 2.56. The minimum atomic E-state index is 0.715. The second kappa shape index (κ2) is 2.86. The van der Waals surface area contributed by atoms with E-state index in [4.69, 9.17) is 0 Å². The molecule has 1 N–H and O–H groups in total. The van der Waals surface area contributed by atoms with Gasteiger partial charge in [-0.15, -0.1) is 5.10 Å². The van der Waals surface area contributed by atoms with Crippen molar-refractivity contribution in [2.45, 2.75) is 25.9 Å². The zero-order valence-electron chi connectivity index (χ0n) is 7.49. The lowest BCUT2D eigenvalue weighted by atomic mass is 10.4. The number of hydrogen-bond acceptors (Lipinski definition) is 3. The van der Waals surface area contributed by atoms with Crippen molar-refractivity contribution in [1.29, 1.82) is 0 Å². The van der Waals surface area contributed by atoms with Crippen LogP contribution >= 0.6 is 0 Å². The molecule has 2 atom stereocenters. The molecule has 2 unspecified atom stereocenters. The molecular weight excluding hydrogens is 152 g/mol. The van der Waals surface area contributed by atoms with Gasteiger partial charge in [0.1, 0.15) is 0 Å². The second-order valence-corrected chi connectivity index (χ2v) is 3.58. The molecule has 1 aromatic heterocycles. The van der Waals surface area contributed by atoms with E-state index in [2.05, 4.69) is 22.6 Å². The lowest BCUT2D eigenvalue weighted by Gasteiger charge is -1.97. The fourth-order valence-corrected chi connectivity index (χ4v) is 1.32. The molecule has 0 bridgehead atoms. The smallest absolute Gasteiger partial charge is 0.0964 e. The van der Waals surface area contributed by atoms with Gasteiger partial charge in [-0.2, -0.15) is 0 Å². The lowest BCUT2D eigenvalue weighted by Crippen LogP contribution is -2.17. The van der Waals surface area contributed by atoms with Crippen LogP contribution in [0.2, 0.25) is 0 Å². The Kier molecular flexibility index (Phi) is 1.84. The highest BCUT2D eigenvalue weighted by molar-refractivity contribution is 4.96. The number of rotatable bonds is 3. The monoisotopic (exact) mass is 166 g/mol. The summed E-state index contributed by atoms with van der Waals surface area (Å²) in [5.74, 6) is 0.849. The first-order chi connectivity index (χ1) is 5.75. The molecule has 1 aromatic rings. The number of aromatic nitrogens is 3. The van der Waals surface area contributed by atoms with Crippen LogP contribution in [-0.2, 0) is 13.6 Å². The Balaban J connectivity index is 1.80. The fourth-order valence-electron chi connectivity index (χ4n) is 1.32. The molecule has 1 heterocycles. The van der Waals surface area contributed by atoms with Gasteiger partial charge < -0.3 is 5.32 Å². The number of nitrogens with zero attached hydrogens (tertiary/aromatic N) is 3. The van der Waals surface area contributed by atoms with E-state index >= 15 is 0 Å². The molecule has 0 aromatic carbocycles. The SMILES string of the molecule is CC1CC1NCc1cn(C)nn1. The first kappa shape index (κ1) is 7.73. The standard InChI is InChI=1S/C8H14N4/c1-6-3-8(6)9-4-7-5-12(2)11-10-7/h5-6,8-9H,3-4H2,1-2H3. The van der Waals surface area contributed by atoms with Crippen LogP contribution in [0.4, 0.5) is 0 Å². The van der Waals surface area contributed by atoms with Gasteiger partial charge >= 0.3 is 0 Å². The van der Waals surface area contributed by atoms with Crippen LogP contribution in [0.1, 0.15) is 19.0 Å². The van der Waals surface area contributed by atoms with Crippen molar-refractivity contribution in [2.75, 3.05) is 0 Å². The maximum absolute atomic E-state index is 3.99. The van der Waals surface area contributed by atoms with Gasteiger partial charge in [0.25, 0.3) is 0 Å². The molecule has 0 spiro atoms. The Hall–Kier alpha value is -0.900. The summed E-state index contributed by atoms with van der Waals surface area (Å²) in [5, 5.41) is 11.3. The molecule has 0 saturated heterocycles. The summed E-state index contributed by atoms with van der Waals surface area (Å²) in [6.07, 6.45) is 3.25. The largest absolute Gasteiger partial charge is 0.308 e. The molecule has 0 aliphatic heterocycles. The van der Waals surface area contributed by atoms with Crippen LogP contribution in [0, 0.1) is 5.92 Å². The molecule has 12 heavy (non-hydrogen) atoms. The maximum Gasteiger partial charge on any atom is 0.0964 e. The Morgan fingerprint density at radius 2 is 2.50 bits per heavy atom. The van der Waals surface area contributed by atoms with Crippen LogP contribution in [0.25, 0.3) is 0 Å². The van der Waals surface area contributed by atoms with Gasteiger partial charge in [0.05, 0.1) is 5.69 Å². The van der Waals surface area contributed by atoms with Gasteiger partial charge in [-0.25, -0.2) is 0 Å². The number of aryl methyl sites for hydroxylation is 1. The summed E-state index contributed by atoms with van der Waals surface area (Å²) in [6, 6.07) is 0.715. The summed E-state index contributed by atoms with van der Waals surface area (Å²) in [7, 11) is 1.89. The summed E-state index contributed by atoms with van der Waals surface area (Å²) < 4.78 is 1.73. The summed E-state index contributed by atoms with van der Waals surface area (Å²) in [6.45, 7) is 3.11. The van der Waals surface area contributed by atoms with Crippen molar-refractivity contribution >= 4 is 0 Å². The molecule has 0 radical (unpaired) electrons. The molecule has 1 aliphatic rings. The van der Waals surface area contributed by atoms with E-state index in [9.17, 15) is 0 Å². The summed E-state index contributed by atoms with van der Waals surface area (Å²) in [5.41, 5.74) is 1.02. The van der Waals surface area contributed by atoms with E-state index in [1.54, 1.807) is 4.68 Å². The van der Waals surface area contributed by atoms with E-state index in [1.165, 1.54) is 6.42 Å². The molecule has 66 valence electrons. The van der Waals surface area contributed by atoms with Crippen molar-refractivity contribution in [3.8, 4) is 0 Å². The summed E-state index contributed by atoms with van der Waals surface area (Å²) >= 11 is 0. The van der Waals surface area contributed by atoms with E-state index in [0.717, 1.165) is 18.2 Å². The van der Waals surface area contributed by atoms with Crippen molar-refractivity contribution in [2.24, 2.45) is 13.0 Å². The van der Waals surface area contributed by atoms with Crippen LogP contribution in [0.3, 0.4) is 0 Å². The van der Waals surface area contributed by atoms with E-state index in [1.807, 2.05) is 13.2 Å². The lowest BCUT2D eigenvalue weighted by molar-refractivity contribution is 0.640. The van der Waals surface area contributed by atoms with Gasteiger partial charge in [-0.1, -0.05) is 12.1 Å². The van der Waals surface area contributed by atoms with Crippen molar-refractivity contribution < 1.29 is 0 Å². The minimum absolute atomic E-state index is 0.715. The van der Waals surface area contributed by atoms with Crippen molar-refractivity contribution in [3.05, 3.63) is 11.9 Å². The molecule has 1 saturated carbocycles. The van der Waals surface area contributed by atoms with Crippen molar-refractivity contribution in [3.63, 3.8) is 0 Å².